The summed E-state index contributed by atoms with van der Waals surface area (Å²) in [5, 5.41) is 3.35. The number of para-hydroxylation sites is 1. The van der Waals surface area contributed by atoms with E-state index in [1.165, 1.54) is 25.7 Å². The Morgan fingerprint density at radius 2 is 2.11 bits per heavy atom. The molecule has 1 unspecified atom stereocenters. The van der Waals surface area contributed by atoms with Gasteiger partial charge in [-0.1, -0.05) is 38.3 Å². The van der Waals surface area contributed by atoms with Gasteiger partial charge in [0.1, 0.15) is 6.10 Å². The first-order valence-electron chi connectivity index (χ1n) is 10.1. The average molecular weight is 373 g/mol. The molecule has 3 N–H and O–H groups in total. The minimum atomic E-state index is -0.208. The largest absolute Gasteiger partial charge is 0.384 e. The van der Waals surface area contributed by atoms with Gasteiger partial charge in [0.2, 0.25) is 0 Å². The molecule has 3 rings (SSSR count). The van der Waals surface area contributed by atoms with Crippen LogP contribution in [0.25, 0.3) is 0 Å². The Bertz CT molecular complexity index is 641. The first-order chi connectivity index (χ1) is 13.3. The number of carbonyl (C=O) groups excluding carboxylic acids is 1. The molecule has 1 aliphatic heterocycles. The molecule has 1 fully saturated rings. The van der Waals surface area contributed by atoms with Gasteiger partial charge in [-0.2, -0.15) is 0 Å². The van der Waals surface area contributed by atoms with Crippen molar-refractivity contribution in [1.29, 1.82) is 0 Å². The molecule has 27 heavy (non-hydrogen) atoms. The van der Waals surface area contributed by atoms with Crippen molar-refractivity contribution in [1.82, 2.24) is 11.0 Å². The number of carbonyl (C=O) groups is 1. The lowest BCUT2D eigenvalue weighted by Crippen LogP contribution is -2.27. The highest BCUT2D eigenvalue weighted by Gasteiger charge is 2.18. The summed E-state index contributed by atoms with van der Waals surface area (Å²) in [6, 6.07) is 7.51. The first kappa shape index (κ1) is 19.7. The van der Waals surface area contributed by atoms with Gasteiger partial charge in [0.15, 0.2) is 0 Å². The zero-order valence-electron chi connectivity index (χ0n) is 16.1. The summed E-state index contributed by atoms with van der Waals surface area (Å²) in [5.74, 6) is 0.365. The highest BCUT2D eigenvalue weighted by atomic mass is 16.7. The van der Waals surface area contributed by atoms with Crippen molar-refractivity contribution in [3.8, 4) is 0 Å². The summed E-state index contributed by atoms with van der Waals surface area (Å²) in [4.78, 5) is 23.5. The van der Waals surface area contributed by atoms with Gasteiger partial charge in [-0.15, -0.1) is 0 Å². The maximum absolute atomic E-state index is 12.5. The van der Waals surface area contributed by atoms with E-state index >= 15 is 0 Å². The van der Waals surface area contributed by atoms with Crippen LogP contribution in [0.15, 0.2) is 36.0 Å². The van der Waals surface area contributed by atoms with Crippen LogP contribution in [0.5, 0.6) is 0 Å². The fraction of sp³-hybridized carbons (Fsp3) is 0.571. The van der Waals surface area contributed by atoms with Crippen molar-refractivity contribution in [2.24, 2.45) is 5.92 Å². The molecule has 6 heteroatoms. The molecular formula is C21H31N3O3. The summed E-state index contributed by atoms with van der Waals surface area (Å²) in [5.41, 5.74) is 8.14. The summed E-state index contributed by atoms with van der Waals surface area (Å²) in [6.07, 6.45) is 10.1. The summed E-state index contributed by atoms with van der Waals surface area (Å²) < 4.78 is 0. The number of rotatable bonds is 10. The molecule has 0 spiro atoms. The Labute approximate surface area is 161 Å². The Balaban J connectivity index is 1.44. The van der Waals surface area contributed by atoms with E-state index < -0.39 is 0 Å². The maximum Gasteiger partial charge on any atom is 0.276 e. The van der Waals surface area contributed by atoms with Crippen molar-refractivity contribution in [3.63, 3.8) is 0 Å². The molecule has 1 heterocycles. The van der Waals surface area contributed by atoms with Gasteiger partial charge in [0, 0.05) is 17.9 Å². The number of benzene rings is 1. The number of nitrogens with one attached hydrogen (secondary N) is 3. The quantitative estimate of drug-likeness (QED) is 0.542. The zero-order chi connectivity index (χ0) is 18.9. The number of allylic oxidation sites excluding steroid dienone is 1. The number of anilines is 1. The summed E-state index contributed by atoms with van der Waals surface area (Å²) in [7, 11) is 0. The van der Waals surface area contributed by atoms with Crippen molar-refractivity contribution < 1.29 is 14.5 Å². The third kappa shape index (κ3) is 5.97. The van der Waals surface area contributed by atoms with Crippen LogP contribution >= 0.6 is 0 Å². The summed E-state index contributed by atoms with van der Waals surface area (Å²) >= 11 is 0. The van der Waals surface area contributed by atoms with Crippen molar-refractivity contribution >= 4 is 11.6 Å². The lowest BCUT2D eigenvalue weighted by Gasteiger charge is -2.14. The molecular weight excluding hydrogens is 342 g/mol. The second-order valence-corrected chi connectivity index (χ2v) is 7.35. The average Bonchev–Trinajstić information content (AvgIpc) is 3.35. The van der Waals surface area contributed by atoms with E-state index in [1.54, 1.807) is 0 Å². The molecule has 6 nitrogen and oxygen atoms in total. The second-order valence-electron chi connectivity index (χ2n) is 7.35. The highest BCUT2D eigenvalue weighted by molar-refractivity contribution is 5.98. The third-order valence-corrected chi connectivity index (χ3v) is 5.12. The molecule has 1 atom stereocenters. The van der Waals surface area contributed by atoms with Gasteiger partial charge in [0.05, 0.1) is 12.2 Å². The van der Waals surface area contributed by atoms with E-state index in [-0.39, 0.29) is 12.0 Å². The smallest absolute Gasteiger partial charge is 0.276 e. The van der Waals surface area contributed by atoms with Crippen LogP contribution in [0.1, 0.15) is 62.2 Å². The molecule has 1 amide bonds. The topological polar surface area (TPSA) is 71.6 Å². The number of amides is 1. The molecule has 1 aromatic carbocycles. The Hall–Kier alpha value is -2.05. The first-order valence-corrected chi connectivity index (χ1v) is 10.1. The summed E-state index contributed by atoms with van der Waals surface area (Å²) in [6.45, 7) is 3.46. The molecule has 0 bridgehead atoms. The van der Waals surface area contributed by atoms with Gasteiger partial charge in [-0.05, 0) is 49.8 Å². The molecule has 0 radical (unpaired) electrons. The molecule has 1 aliphatic carbocycles. The van der Waals surface area contributed by atoms with E-state index in [0.717, 1.165) is 37.2 Å². The number of hydrogen-bond donors (Lipinski definition) is 3. The minimum absolute atomic E-state index is 0.0646. The van der Waals surface area contributed by atoms with Crippen LogP contribution in [-0.2, 0) is 9.68 Å². The molecule has 0 aromatic heterocycles. The molecule has 1 aromatic rings. The number of hydroxylamine groups is 2. The van der Waals surface area contributed by atoms with Crippen molar-refractivity contribution in [2.45, 2.75) is 58.0 Å². The molecule has 1 saturated carbocycles. The SMILES string of the molecule is CCCC1=CC(CCNc2ccccc2C(=O)NOCC2CCCC2)ON1. The van der Waals surface area contributed by atoms with Crippen LogP contribution in [0.3, 0.4) is 0 Å². The van der Waals surface area contributed by atoms with Crippen LogP contribution in [-0.4, -0.2) is 25.2 Å². The zero-order valence-corrected chi connectivity index (χ0v) is 16.1. The molecule has 2 aliphatic rings. The van der Waals surface area contributed by atoms with Gasteiger partial charge in [0.25, 0.3) is 5.91 Å². The van der Waals surface area contributed by atoms with Crippen LogP contribution in [0, 0.1) is 5.92 Å². The van der Waals surface area contributed by atoms with Gasteiger partial charge in [-0.3, -0.25) is 19.9 Å². The van der Waals surface area contributed by atoms with E-state index in [1.807, 2.05) is 24.3 Å². The monoisotopic (exact) mass is 373 g/mol. The van der Waals surface area contributed by atoms with Crippen molar-refractivity contribution in [2.75, 3.05) is 18.5 Å². The molecule has 148 valence electrons. The van der Waals surface area contributed by atoms with Crippen molar-refractivity contribution in [3.05, 3.63) is 41.6 Å². The Morgan fingerprint density at radius 3 is 2.93 bits per heavy atom. The fourth-order valence-electron chi connectivity index (χ4n) is 3.63. The minimum Gasteiger partial charge on any atom is -0.384 e. The Kier molecular flexibility index (Phi) is 7.54. The predicted molar refractivity (Wildman–Crippen MR) is 106 cm³/mol. The van der Waals surface area contributed by atoms with Gasteiger partial charge in [-0.25, -0.2) is 5.48 Å². The van der Waals surface area contributed by atoms with Gasteiger partial charge < -0.3 is 5.32 Å². The second kappa shape index (κ2) is 10.3. The van der Waals surface area contributed by atoms with Crippen LogP contribution in [0.2, 0.25) is 0 Å². The standard InChI is InChI=1S/C21H31N3O3/c1-2-7-17-14-18(27-23-17)12-13-22-20-11-6-5-10-19(20)21(25)24-26-15-16-8-3-4-9-16/h5-6,10-11,14,16,18,22-23H,2-4,7-9,12-13,15H2,1H3,(H,24,25). The lowest BCUT2D eigenvalue weighted by atomic mass is 10.1. The third-order valence-electron chi connectivity index (χ3n) is 5.12. The molecule has 0 saturated heterocycles. The fourth-order valence-corrected chi connectivity index (χ4v) is 3.63. The van der Waals surface area contributed by atoms with E-state index in [9.17, 15) is 4.79 Å². The lowest BCUT2D eigenvalue weighted by molar-refractivity contribution is 0.0172. The number of hydrogen-bond acceptors (Lipinski definition) is 5. The van der Waals surface area contributed by atoms with Gasteiger partial charge >= 0.3 is 0 Å². The maximum atomic E-state index is 12.5. The Morgan fingerprint density at radius 1 is 1.30 bits per heavy atom. The van der Waals surface area contributed by atoms with Crippen LogP contribution < -0.4 is 16.3 Å². The highest BCUT2D eigenvalue weighted by Crippen LogP contribution is 2.24. The van der Waals surface area contributed by atoms with E-state index in [0.29, 0.717) is 18.1 Å². The van der Waals surface area contributed by atoms with E-state index in [2.05, 4.69) is 29.3 Å². The predicted octanol–water partition coefficient (Wildman–Crippen LogP) is 3.93. The van der Waals surface area contributed by atoms with Crippen LogP contribution in [0.4, 0.5) is 5.69 Å². The normalized spacial score (nSPS) is 19.6. The van der Waals surface area contributed by atoms with E-state index in [4.69, 9.17) is 9.68 Å².